The largest absolute Gasteiger partial charge is 0.444 e. The molecule has 0 radical (unpaired) electrons. The topological polar surface area (TPSA) is 68.3 Å². The highest BCUT2D eigenvalue weighted by Gasteiger charge is 2.12. The molecule has 1 amide bonds. The second-order valence-electron chi connectivity index (χ2n) is 4.08. The first-order chi connectivity index (χ1) is 8.47. The van der Waals surface area contributed by atoms with Gasteiger partial charge in [-0.1, -0.05) is 6.07 Å². The quantitative estimate of drug-likeness (QED) is 0.834. The number of nitrogens with two attached hydrogens (primary N) is 1. The molecule has 4 nitrogen and oxygen atoms in total. The van der Waals surface area contributed by atoms with Crippen LogP contribution in [0.1, 0.15) is 21.7 Å². The highest BCUT2D eigenvalue weighted by atomic mass is 79.9. The summed E-state index contributed by atoms with van der Waals surface area (Å²) < 4.78 is 5.71. The number of amides is 1. The number of aryl methyl sites for hydroxylation is 2. The van der Waals surface area contributed by atoms with Crippen molar-refractivity contribution < 1.29 is 9.21 Å². The van der Waals surface area contributed by atoms with E-state index in [1.807, 2.05) is 19.9 Å². The van der Waals surface area contributed by atoms with E-state index in [2.05, 4.69) is 21.2 Å². The van der Waals surface area contributed by atoms with Crippen LogP contribution in [0.5, 0.6) is 0 Å². The fourth-order valence-electron chi connectivity index (χ4n) is 1.62. The van der Waals surface area contributed by atoms with Crippen molar-refractivity contribution >= 4 is 33.2 Å². The summed E-state index contributed by atoms with van der Waals surface area (Å²) in [5, 5.41) is 2.77. The number of hydrogen-bond acceptors (Lipinski definition) is 3. The van der Waals surface area contributed by atoms with Crippen LogP contribution < -0.4 is 11.1 Å². The number of benzene rings is 1. The lowest BCUT2D eigenvalue weighted by Crippen LogP contribution is -2.12. The molecule has 2 aromatic rings. The normalized spacial score (nSPS) is 10.4. The van der Waals surface area contributed by atoms with E-state index in [4.69, 9.17) is 10.2 Å². The second kappa shape index (κ2) is 4.86. The van der Waals surface area contributed by atoms with Crippen LogP contribution in [0.25, 0.3) is 0 Å². The molecule has 0 aliphatic heterocycles. The van der Waals surface area contributed by atoms with Crippen LogP contribution >= 0.6 is 15.9 Å². The summed E-state index contributed by atoms with van der Waals surface area (Å²) in [6.07, 6.45) is 0. The highest BCUT2D eigenvalue weighted by molar-refractivity contribution is 9.10. The maximum Gasteiger partial charge on any atom is 0.291 e. The Balaban J connectivity index is 2.24. The predicted molar refractivity (Wildman–Crippen MR) is 74.7 cm³/mol. The summed E-state index contributed by atoms with van der Waals surface area (Å²) in [6, 6.07) is 6.96. The zero-order valence-corrected chi connectivity index (χ0v) is 11.7. The molecule has 1 aromatic heterocycles. The lowest BCUT2D eigenvalue weighted by molar-refractivity contribution is 0.0995. The van der Waals surface area contributed by atoms with Crippen LogP contribution in [-0.2, 0) is 0 Å². The van der Waals surface area contributed by atoms with Crippen LogP contribution in [0.4, 0.5) is 11.4 Å². The molecule has 0 saturated heterocycles. The first kappa shape index (κ1) is 12.7. The summed E-state index contributed by atoms with van der Waals surface area (Å²) in [4.78, 5) is 11.9. The lowest BCUT2D eigenvalue weighted by atomic mass is 10.1. The molecule has 0 bridgehead atoms. The van der Waals surface area contributed by atoms with Gasteiger partial charge >= 0.3 is 0 Å². The van der Waals surface area contributed by atoms with Crippen molar-refractivity contribution in [2.24, 2.45) is 0 Å². The molecule has 0 unspecified atom stereocenters. The smallest absolute Gasteiger partial charge is 0.291 e. The summed E-state index contributed by atoms with van der Waals surface area (Å²) in [6.45, 7) is 3.84. The minimum atomic E-state index is -0.299. The molecule has 18 heavy (non-hydrogen) atoms. The fourth-order valence-corrected chi connectivity index (χ4v) is 1.93. The van der Waals surface area contributed by atoms with Crippen molar-refractivity contribution in [1.82, 2.24) is 0 Å². The molecule has 5 heteroatoms. The Hall–Kier alpha value is -1.75. The highest BCUT2D eigenvalue weighted by Crippen LogP contribution is 2.23. The Morgan fingerprint density at radius 1 is 1.28 bits per heavy atom. The van der Waals surface area contributed by atoms with Gasteiger partial charge < -0.3 is 15.5 Å². The zero-order valence-electron chi connectivity index (χ0n) is 10.1. The Kier molecular flexibility index (Phi) is 3.43. The number of carbonyl (C=O) groups excluding carboxylic acids is 1. The Bertz CT molecular complexity index is 605. The monoisotopic (exact) mass is 308 g/mol. The third-order valence-electron chi connectivity index (χ3n) is 2.66. The van der Waals surface area contributed by atoms with Gasteiger partial charge in [-0.15, -0.1) is 0 Å². The predicted octanol–water partition coefficient (Wildman–Crippen LogP) is 3.49. The maximum atomic E-state index is 11.9. The first-order valence-electron chi connectivity index (χ1n) is 5.41. The molecule has 94 valence electrons. The van der Waals surface area contributed by atoms with E-state index in [9.17, 15) is 4.79 Å². The first-order valence-corrected chi connectivity index (χ1v) is 6.20. The third-order valence-corrected chi connectivity index (χ3v) is 3.08. The Morgan fingerprint density at radius 3 is 2.61 bits per heavy atom. The molecule has 0 atom stereocenters. The van der Waals surface area contributed by atoms with Gasteiger partial charge in [-0.2, -0.15) is 0 Å². The van der Waals surface area contributed by atoms with E-state index in [0.717, 1.165) is 11.1 Å². The molecule has 0 fully saturated rings. The molecular formula is C13H13BrN2O2. The molecule has 1 aromatic carbocycles. The minimum Gasteiger partial charge on any atom is -0.444 e. The lowest BCUT2D eigenvalue weighted by Gasteiger charge is -2.10. The van der Waals surface area contributed by atoms with Crippen LogP contribution in [-0.4, -0.2) is 5.91 Å². The number of halogens is 1. The van der Waals surface area contributed by atoms with Gasteiger partial charge in [-0.05, 0) is 59.1 Å². The van der Waals surface area contributed by atoms with Crippen molar-refractivity contribution in [2.75, 3.05) is 11.1 Å². The molecule has 0 saturated carbocycles. The van der Waals surface area contributed by atoms with Crippen molar-refractivity contribution in [1.29, 1.82) is 0 Å². The van der Waals surface area contributed by atoms with Gasteiger partial charge in [0.2, 0.25) is 0 Å². The molecule has 1 heterocycles. The van der Waals surface area contributed by atoms with E-state index in [0.29, 0.717) is 16.0 Å². The summed E-state index contributed by atoms with van der Waals surface area (Å²) >= 11 is 3.15. The zero-order chi connectivity index (χ0) is 13.3. The number of carbonyl (C=O) groups is 1. The second-order valence-corrected chi connectivity index (χ2v) is 4.86. The summed E-state index contributed by atoms with van der Waals surface area (Å²) in [5.74, 6) is -0.0486. The molecule has 0 spiro atoms. The van der Waals surface area contributed by atoms with Crippen molar-refractivity contribution in [3.05, 3.63) is 45.8 Å². The van der Waals surface area contributed by atoms with E-state index in [1.54, 1.807) is 18.2 Å². The Labute approximate surface area is 113 Å². The summed E-state index contributed by atoms with van der Waals surface area (Å²) in [7, 11) is 0. The van der Waals surface area contributed by atoms with Crippen molar-refractivity contribution in [3.8, 4) is 0 Å². The van der Waals surface area contributed by atoms with Crippen LogP contribution in [0, 0.1) is 13.8 Å². The number of anilines is 2. The number of nitrogen functional groups attached to an aromatic ring is 1. The van der Waals surface area contributed by atoms with Gasteiger partial charge in [0.05, 0.1) is 0 Å². The van der Waals surface area contributed by atoms with Crippen LogP contribution in [0.2, 0.25) is 0 Å². The molecule has 0 aliphatic carbocycles. The van der Waals surface area contributed by atoms with Gasteiger partial charge in [0.1, 0.15) is 0 Å². The van der Waals surface area contributed by atoms with Crippen molar-refractivity contribution in [2.45, 2.75) is 13.8 Å². The number of nitrogens with one attached hydrogen (secondary N) is 1. The summed E-state index contributed by atoms with van der Waals surface area (Å²) in [5.41, 5.74) is 9.12. The van der Waals surface area contributed by atoms with Gasteiger partial charge in [0.25, 0.3) is 5.91 Å². The van der Waals surface area contributed by atoms with Gasteiger partial charge in [-0.25, -0.2) is 0 Å². The number of rotatable bonds is 2. The number of hydrogen-bond donors (Lipinski definition) is 2. The van der Waals surface area contributed by atoms with Crippen molar-refractivity contribution in [3.63, 3.8) is 0 Å². The van der Waals surface area contributed by atoms with Gasteiger partial charge in [0.15, 0.2) is 10.4 Å². The van der Waals surface area contributed by atoms with E-state index in [-0.39, 0.29) is 11.7 Å². The third kappa shape index (κ3) is 2.56. The molecule has 3 N–H and O–H groups in total. The van der Waals surface area contributed by atoms with Gasteiger partial charge in [-0.3, -0.25) is 4.79 Å². The SMILES string of the molecule is Cc1cc(C)c(NC(=O)c2ccc(Br)o2)cc1N. The average molecular weight is 309 g/mol. The number of furan rings is 1. The molecule has 2 rings (SSSR count). The Morgan fingerprint density at radius 2 is 2.00 bits per heavy atom. The van der Waals surface area contributed by atoms with E-state index >= 15 is 0 Å². The van der Waals surface area contributed by atoms with Crippen LogP contribution in [0.15, 0.2) is 33.4 Å². The maximum absolute atomic E-state index is 11.9. The molecular weight excluding hydrogens is 296 g/mol. The fraction of sp³-hybridized carbons (Fsp3) is 0.154. The van der Waals surface area contributed by atoms with E-state index < -0.39 is 0 Å². The van der Waals surface area contributed by atoms with Gasteiger partial charge in [0, 0.05) is 11.4 Å². The van der Waals surface area contributed by atoms with E-state index in [1.165, 1.54) is 0 Å². The average Bonchev–Trinajstić information content (AvgIpc) is 2.73. The standard InChI is InChI=1S/C13H13BrN2O2/c1-7-5-8(2)10(6-9(7)15)16-13(17)11-3-4-12(14)18-11/h3-6H,15H2,1-2H3,(H,16,17). The minimum absolute atomic E-state index is 0.250. The molecule has 0 aliphatic rings. The van der Waals surface area contributed by atoms with Crippen LogP contribution in [0.3, 0.4) is 0 Å².